The third-order valence-corrected chi connectivity index (χ3v) is 2.88. The van der Waals surface area contributed by atoms with Crippen molar-refractivity contribution in [1.29, 1.82) is 0 Å². The molecule has 0 aliphatic carbocycles. The van der Waals surface area contributed by atoms with Gasteiger partial charge in [-0.2, -0.15) is 18.2 Å². The number of halogens is 3. The number of amides is 1. The zero-order valence-corrected chi connectivity index (χ0v) is 12.9. The monoisotopic (exact) mass is 342 g/mol. The van der Waals surface area contributed by atoms with Crippen LogP contribution in [0.15, 0.2) is 18.2 Å². The van der Waals surface area contributed by atoms with Crippen LogP contribution in [0, 0.1) is 6.92 Å². The van der Waals surface area contributed by atoms with Crippen LogP contribution >= 0.6 is 0 Å². The fraction of sp³-hybridized carbons (Fsp3) is 0.286. The van der Waals surface area contributed by atoms with E-state index in [1.807, 2.05) is 0 Å². The average molecular weight is 342 g/mol. The summed E-state index contributed by atoms with van der Waals surface area (Å²) in [5.74, 6) is -3.18. The number of aryl methyl sites for hydroxylation is 2. The molecule has 0 atom stereocenters. The summed E-state index contributed by atoms with van der Waals surface area (Å²) in [4.78, 5) is 26.7. The van der Waals surface area contributed by atoms with Gasteiger partial charge in [-0.05, 0) is 19.1 Å². The molecule has 10 heteroatoms. The van der Waals surface area contributed by atoms with Crippen LogP contribution in [0.5, 0.6) is 5.75 Å². The lowest BCUT2D eigenvalue weighted by molar-refractivity contribution is -0.145. The molecule has 1 N–H and O–H groups in total. The first kappa shape index (κ1) is 17.4. The summed E-state index contributed by atoms with van der Waals surface area (Å²) in [6, 6.07) is 4.48. The highest BCUT2D eigenvalue weighted by atomic mass is 19.4. The van der Waals surface area contributed by atoms with Crippen LogP contribution in [-0.4, -0.2) is 26.6 Å². The van der Waals surface area contributed by atoms with E-state index in [-0.39, 0.29) is 17.3 Å². The molecule has 2 rings (SSSR count). The second kappa shape index (κ2) is 6.30. The predicted octanol–water partition coefficient (Wildman–Crippen LogP) is 2.32. The van der Waals surface area contributed by atoms with Crippen molar-refractivity contribution < 1.29 is 27.5 Å². The lowest BCUT2D eigenvalue weighted by atomic mass is 10.1. The molecule has 0 fully saturated rings. The van der Waals surface area contributed by atoms with Gasteiger partial charge in [0.15, 0.2) is 0 Å². The Bertz CT molecular complexity index is 799. The second-order valence-corrected chi connectivity index (χ2v) is 4.93. The topological polar surface area (TPSA) is 86.1 Å². The van der Waals surface area contributed by atoms with E-state index in [0.717, 1.165) is 4.68 Å². The lowest BCUT2D eigenvalue weighted by Crippen LogP contribution is -2.17. The number of carbonyl (C=O) groups excluding carboxylic acids is 2. The minimum Gasteiger partial charge on any atom is -0.426 e. The van der Waals surface area contributed by atoms with Gasteiger partial charge >= 0.3 is 12.1 Å². The molecular weight excluding hydrogens is 329 g/mol. The quantitative estimate of drug-likeness (QED) is 0.683. The molecule has 1 aromatic heterocycles. The molecule has 0 saturated carbocycles. The van der Waals surface area contributed by atoms with E-state index in [9.17, 15) is 22.8 Å². The molecule has 0 saturated heterocycles. The number of carbonyl (C=O) groups is 2. The summed E-state index contributed by atoms with van der Waals surface area (Å²) in [6.45, 7) is 2.87. The van der Waals surface area contributed by atoms with Crippen LogP contribution in [0.2, 0.25) is 0 Å². The summed E-state index contributed by atoms with van der Waals surface area (Å²) in [5.41, 5.74) is 0.687. The van der Waals surface area contributed by atoms with Gasteiger partial charge in [0.1, 0.15) is 5.75 Å². The normalized spacial score (nSPS) is 11.2. The first-order valence-corrected chi connectivity index (χ1v) is 6.66. The first-order valence-electron chi connectivity index (χ1n) is 6.66. The second-order valence-electron chi connectivity index (χ2n) is 4.93. The van der Waals surface area contributed by atoms with Gasteiger partial charge in [-0.1, -0.05) is 11.6 Å². The van der Waals surface area contributed by atoms with Crippen molar-refractivity contribution in [1.82, 2.24) is 14.8 Å². The Morgan fingerprint density at radius 1 is 1.29 bits per heavy atom. The Morgan fingerprint density at radius 2 is 1.96 bits per heavy atom. The number of esters is 1. The third-order valence-electron chi connectivity index (χ3n) is 2.88. The molecule has 1 heterocycles. The van der Waals surface area contributed by atoms with Crippen LogP contribution in [-0.2, 0) is 18.0 Å². The summed E-state index contributed by atoms with van der Waals surface area (Å²) >= 11 is 0. The van der Waals surface area contributed by atoms with Crippen LogP contribution in [0.25, 0.3) is 0 Å². The number of ether oxygens (including phenoxy) is 1. The zero-order valence-electron chi connectivity index (χ0n) is 12.9. The molecule has 2 aromatic rings. The molecular formula is C14H13F3N4O3. The van der Waals surface area contributed by atoms with Gasteiger partial charge in [0.05, 0.1) is 5.56 Å². The maximum absolute atomic E-state index is 12.6. The number of aromatic nitrogens is 3. The number of alkyl halides is 3. The SMILES string of the molecule is CC(=O)Oc1ccc(C)cc1C(=O)Nc1nc(C(F)(F)F)nn1C. The smallest absolute Gasteiger partial charge is 0.426 e. The summed E-state index contributed by atoms with van der Waals surface area (Å²) < 4.78 is 43.5. The van der Waals surface area contributed by atoms with E-state index in [1.165, 1.54) is 26.1 Å². The highest BCUT2D eigenvalue weighted by Gasteiger charge is 2.37. The van der Waals surface area contributed by atoms with Crippen molar-refractivity contribution in [2.75, 3.05) is 5.32 Å². The van der Waals surface area contributed by atoms with E-state index < -0.39 is 23.9 Å². The Labute approximate surface area is 134 Å². The molecule has 0 aliphatic heterocycles. The first-order chi connectivity index (χ1) is 11.1. The predicted molar refractivity (Wildman–Crippen MR) is 76.4 cm³/mol. The molecule has 1 aromatic carbocycles. The van der Waals surface area contributed by atoms with Gasteiger partial charge in [-0.15, -0.1) is 5.10 Å². The van der Waals surface area contributed by atoms with E-state index in [2.05, 4.69) is 15.4 Å². The van der Waals surface area contributed by atoms with E-state index >= 15 is 0 Å². The number of rotatable bonds is 3. The Hall–Kier alpha value is -2.91. The fourth-order valence-corrected chi connectivity index (χ4v) is 1.85. The molecule has 0 unspecified atom stereocenters. The third kappa shape index (κ3) is 3.89. The summed E-state index contributed by atoms with van der Waals surface area (Å²) in [6.07, 6.45) is -4.73. The minimum atomic E-state index is -4.73. The molecule has 7 nitrogen and oxygen atoms in total. The maximum atomic E-state index is 12.6. The summed E-state index contributed by atoms with van der Waals surface area (Å²) in [5, 5.41) is 5.42. The molecule has 0 radical (unpaired) electrons. The van der Waals surface area contributed by atoms with Crippen molar-refractivity contribution in [3.63, 3.8) is 0 Å². The lowest BCUT2D eigenvalue weighted by Gasteiger charge is -2.10. The largest absolute Gasteiger partial charge is 0.453 e. The van der Waals surface area contributed by atoms with Crippen molar-refractivity contribution in [2.24, 2.45) is 7.05 Å². The molecule has 128 valence electrons. The Morgan fingerprint density at radius 3 is 2.50 bits per heavy atom. The van der Waals surface area contributed by atoms with E-state index in [0.29, 0.717) is 5.56 Å². The molecule has 0 spiro atoms. The number of hydrogen-bond donors (Lipinski definition) is 1. The van der Waals surface area contributed by atoms with E-state index in [4.69, 9.17) is 4.74 Å². The minimum absolute atomic E-state index is 0.0104. The Balaban J connectivity index is 2.32. The Kier molecular flexibility index (Phi) is 4.58. The van der Waals surface area contributed by atoms with E-state index in [1.54, 1.807) is 13.0 Å². The van der Waals surface area contributed by atoms with Crippen molar-refractivity contribution in [3.05, 3.63) is 35.2 Å². The van der Waals surface area contributed by atoms with Crippen LogP contribution in [0.4, 0.5) is 19.1 Å². The number of benzene rings is 1. The molecule has 24 heavy (non-hydrogen) atoms. The van der Waals surface area contributed by atoms with Gasteiger partial charge < -0.3 is 4.74 Å². The fourth-order valence-electron chi connectivity index (χ4n) is 1.85. The van der Waals surface area contributed by atoms with Crippen molar-refractivity contribution in [3.8, 4) is 5.75 Å². The molecule has 0 aliphatic rings. The maximum Gasteiger partial charge on any atom is 0.453 e. The summed E-state index contributed by atoms with van der Waals surface area (Å²) in [7, 11) is 1.21. The van der Waals surface area contributed by atoms with Gasteiger partial charge in [0, 0.05) is 14.0 Å². The molecule has 1 amide bonds. The van der Waals surface area contributed by atoms with Gasteiger partial charge in [-0.25, -0.2) is 4.68 Å². The highest BCUT2D eigenvalue weighted by Crippen LogP contribution is 2.27. The number of anilines is 1. The standard InChI is InChI=1S/C14H13F3N4O3/c1-7-4-5-10(24-8(2)22)9(6-7)11(23)18-13-19-12(14(15,16)17)20-21(13)3/h4-6H,1-3H3,(H,18,19,20,23). The van der Waals surface area contributed by atoms with Crippen molar-refractivity contribution in [2.45, 2.75) is 20.0 Å². The number of nitrogens with zero attached hydrogens (tertiary/aromatic N) is 3. The van der Waals surface area contributed by atoms with Gasteiger partial charge in [-0.3, -0.25) is 14.9 Å². The molecule has 0 bridgehead atoms. The number of nitrogens with one attached hydrogen (secondary N) is 1. The zero-order chi connectivity index (χ0) is 18.1. The average Bonchev–Trinajstić information content (AvgIpc) is 2.81. The van der Waals surface area contributed by atoms with Gasteiger partial charge in [0.25, 0.3) is 11.7 Å². The van der Waals surface area contributed by atoms with Gasteiger partial charge in [0.2, 0.25) is 5.95 Å². The number of hydrogen-bond acceptors (Lipinski definition) is 5. The van der Waals surface area contributed by atoms with Crippen LogP contribution < -0.4 is 10.1 Å². The van der Waals surface area contributed by atoms with Crippen LogP contribution in [0.1, 0.15) is 28.7 Å². The highest BCUT2D eigenvalue weighted by molar-refractivity contribution is 6.05. The van der Waals surface area contributed by atoms with Crippen molar-refractivity contribution >= 4 is 17.8 Å². The van der Waals surface area contributed by atoms with Crippen LogP contribution in [0.3, 0.4) is 0 Å².